The fourth-order valence-corrected chi connectivity index (χ4v) is 2.88. The van der Waals surface area contributed by atoms with Crippen LogP contribution in [0.25, 0.3) is 0 Å². The number of carbonyl (C=O) groups is 1. The molecule has 0 aliphatic heterocycles. The molecule has 1 aliphatic rings. The molecule has 130 valence electrons. The average molecular weight is 359 g/mol. The summed E-state index contributed by atoms with van der Waals surface area (Å²) in [7, 11) is 3.16. The van der Waals surface area contributed by atoms with Gasteiger partial charge < -0.3 is 9.47 Å². The van der Waals surface area contributed by atoms with Crippen LogP contribution in [0, 0.1) is 5.92 Å². The van der Waals surface area contributed by atoms with Gasteiger partial charge in [-0.05, 0) is 53.8 Å². The van der Waals surface area contributed by atoms with Gasteiger partial charge in [-0.3, -0.25) is 4.79 Å². The molecule has 1 amide bonds. The summed E-state index contributed by atoms with van der Waals surface area (Å²) in [6.07, 6.45) is 2.42. The van der Waals surface area contributed by atoms with Crippen molar-refractivity contribution >= 4 is 23.7 Å². The molecule has 0 saturated heterocycles. The van der Waals surface area contributed by atoms with Gasteiger partial charge in [-0.15, -0.1) is 0 Å². The van der Waals surface area contributed by atoms with E-state index in [2.05, 4.69) is 10.5 Å². The Morgan fingerprint density at radius 1 is 1.16 bits per heavy atom. The highest BCUT2D eigenvalue weighted by atomic mass is 35.5. The van der Waals surface area contributed by atoms with Crippen LogP contribution in [-0.4, -0.2) is 26.3 Å². The van der Waals surface area contributed by atoms with Crippen molar-refractivity contribution < 1.29 is 14.3 Å². The highest BCUT2D eigenvalue weighted by molar-refractivity contribution is 6.30. The number of nitrogens with one attached hydrogen (secondary N) is 1. The lowest BCUT2D eigenvalue weighted by Crippen LogP contribution is -2.20. The second-order valence-electron chi connectivity index (χ2n) is 5.85. The van der Waals surface area contributed by atoms with Crippen LogP contribution >= 0.6 is 11.6 Å². The highest BCUT2D eigenvalue weighted by Gasteiger charge is 2.43. The number of hydrogen-bond donors (Lipinski definition) is 1. The van der Waals surface area contributed by atoms with Crippen molar-refractivity contribution in [1.82, 2.24) is 5.43 Å². The minimum atomic E-state index is -0.0725. The summed E-state index contributed by atoms with van der Waals surface area (Å²) in [5, 5.41) is 4.73. The summed E-state index contributed by atoms with van der Waals surface area (Å²) in [5.41, 5.74) is 4.54. The molecule has 2 aromatic carbocycles. The van der Waals surface area contributed by atoms with E-state index in [0.29, 0.717) is 16.5 Å². The third-order valence-electron chi connectivity index (χ3n) is 4.22. The molecule has 1 fully saturated rings. The van der Waals surface area contributed by atoms with Crippen molar-refractivity contribution in [2.24, 2.45) is 11.0 Å². The van der Waals surface area contributed by atoms with Gasteiger partial charge in [0.2, 0.25) is 5.91 Å². The molecule has 0 radical (unpaired) electrons. The Morgan fingerprint density at radius 3 is 2.56 bits per heavy atom. The van der Waals surface area contributed by atoms with Gasteiger partial charge in [0.15, 0.2) is 11.5 Å². The van der Waals surface area contributed by atoms with Crippen molar-refractivity contribution in [3.8, 4) is 11.5 Å². The van der Waals surface area contributed by atoms with Crippen LogP contribution in [0.2, 0.25) is 5.02 Å². The molecule has 2 aromatic rings. The summed E-state index contributed by atoms with van der Waals surface area (Å²) in [6, 6.07) is 13.0. The molecular weight excluding hydrogens is 340 g/mol. The van der Waals surface area contributed by atoms with Crippen LogP contribution in [0.1, 0.15) is 23.5 Å². The summed E-state index contributed by atoms with van der Waals surface area (Å²) in [5.74, 6) is 1.39. The number of hydrogen-bond acceptors (Lipinski definition) is 4. The van der Waals surface area contributed by atoms with Crippen LogP contribution < -0.4 is 14.9 Å². The van der Waals surface area contributed by atoms with Crippen LogP contribution in [0.4, 0.5) is 0 Å². The SMILES string of the molecule is COc1ccc(/C=N/NC(=O)C2CC2c2ccc(Cl)cc2)cc1OC. The number of rotatable bonds is 6. The number of benzene rings is 2. The molecule has 1 saturated carbocycles. The monoisotopic (exact) mass is 358 g/mol. The van der Waals surface area contributed by atoms with E-state index < -0.39 is 0 Å². The average Bonchev–Trinajstić information content (AvgIpc) is 3.43. The van der Waals surface area contributed by atoms with Gasteiger partial charge in [-0.25, -0.2) is 5.43 Å². The Morgan fingerprint density at radius 2 is 1.88 bits per heavy atom. The van der Waals surface area contributed by atoms with E-state index >= 15 is 0 Å². The summed E-state index contributed by atoms with van der Waals surface area (Å²) >= 11 is 5.89. The predicted octanol–water partition coefficient (Wildman–Crippen LogP) is 3.61. The second-order valence-corrected chi connectivity index (χ2v) is 6.29. The van der Waals surface area contributed by atoms with Crippen LogP contribution in [0.5, 0.6) is 11.5 Å². The van der Waals surface area contributed by atoms with Crippen molar-refractivity contribution in [3.63, 3.8) is 0 Å². The van der Waals surface area contributed by atoms with Crippen molar-refractivity contribution in [3.05, 3.63) is 58.6 Å². The lowest BCUT2D eigenvalue weighted by Gasteiger charge is -2.07. The standard InChI is InChI=1S/C19H19ClN2O3/c1-24-17-8-3-12(9-18(17)25-2)11-21-22-19(23)16-10-15(16)13-4-6-14(20)7-5-13/h3-9,11,15-16H,10H2,1-2H3,(H,22,23)/b21-11+. The molecule has 2 atom stereocenters. The van der Waals surface area contributed by atoms with Gasteiger partial charge in [0, 0.05) is 10.9 Å². The third-order valence-corrected chi connectivity index (χ3v) is 4.47. The largest absolute Gasteiger partial charge is 0.493 e. The quantitative estimate of drug-likeness (QED) is 0.634. The number of carbonyl (C=O) groups excluding carboxylic acids is 1. The van der Waals surface area contributed by atoms with Crippen molar-refractivity contribution in [1.29, 1.82) is 0 Å². The second kappa shape index (κ2) is 7.57. The van der Waals surface area contributed by atoms with E-state index in [9.17, 15) is 4.79 Å². The predicted molar refractivity (Wildman–Crippen MR) is 97.6 cm³/mol. The van der Waals surface area contributed by atoms with Gasteiger partial charge in [0.1, 0.15) is 0 Å². The summed E-state index contributed by atoms with van der Waals surface area (Å²) < 4.78 is 10.4. The molecule has 6 heteroatoms. The Hall–Kier alpha value is -2.53. The molecule has 1 aliphatic carbocycles. The van der Waals surface area contributed by atoms with Crippen LogP contribution in [-0.2, 0) is 4.79 Å². The van der Waals surface area contributed by atoms with E-state index in [4.69, 9.17) is 21.1 Å². The zero-order chi connectivity index (χ0) is 17.8. The fraction of sp³-hybridized carbons (Fsp3) is 0.263. The summed E-state index contributed by atoms with van der Waals surface area (Å²) in [6.45, 7) is 0. The lowest BCUT2D eigenvalue weighted by molar-refractivity contribution is -0.122. The molecule has 2 unspecified atom stereocenters. The number of amides is 1. The van der Waals surface area contributed by atoms with Gasteiger partial charge >= 0.3 is 0 Å². The fourth-order valence-electron chi connectivity index (χ4n) is 2.75. The molecular formula is C19H19ClN2O3. The molecule has 1 N–H and O–H groups in total. The summed E-state index contributed by atoms with van der Waals surface area (Å²) in [4.78, 5) is 12.2. The first-order valence-corrected chi connectivity index (χ1v) is 8.30. The highest BCUT2D eigenvalue weighted by Crippen LogP contribution is 2.47. The van der Waals surface area contributed by atoms with Gasteiger partial charge in [-0.1, -0.05) is 23.7 Å². The molecule has 0 bridgehead atoms. The maximum Gasteiger partial charge on any atom is 0.243 e. The maximum atomic E-state index is 12.2. The third kappa shape index (κ3) is 4.12. The topological polar surface area (TPSA) is 59.9 Å². The Labute approximate surface area is 151 Å². The molecule has 5 nitrogen and oxygen atoms in total. The minimum absolute atomic E-state index is 0.0382. The van der Waals surface area contributed by atoms with Crippen LogP contribution in [0.15, 0.2) is 47.6 Å². The number of halogens is 1. The molecule has 25 heavy (non-hydrogen) atoms. The van der Waals surface area contributed by atoms with Gasteiger partial charge in [-0.2, -0.15) is 5.10 Å². The molecule has 0 aromatic heterocycles. The number of nitrogens with zero attached hydrogens (tertiary/aromatic N) is 1. The van der Waals surface area contributed by atoms with Gasteiger partial charge in [0.05, 0.1) is 20.4 Å². The first kappa shape index (κ1) is 17.3. The Kier molecular flexibility index (Phi) is 5.24. The maximum absolute atomic E-state index is 12.2. The number of methoxy groups -OCH3 is 2. The van der Waals surface area contributed by atoms with E-state index in [0.717, 1.165) is 17.5 Å². The first-order valence-electron chi connectivity index (χ1n) is 7.92. The lowest BCUT2D eigenvalue weighted by atomic mass is 10.1. The number of hydrazone groups is 1. The van der Waals surface area contributed by atoms with Crippen molar-refractivity contribution in [2.75, 3.05) is 14.2 Å². The minimum Gasteiger partial charge on any atom is -0.493 e. The van der Waals surface area contributed by atoms with E-state index in [1.165, 1.54) is 0 Å². The van der Waals surface area contributed by atoms with E-state index in [-0.39, 0.29) is 17.7 Å². The Balaban J connectivity index is 1.56. The first-order chi connectivity index (χ1) is 12.1. The van der Waals surface area contributed by atoms with Crippen molar-refractivity contribution in [2.45, 2.75) is 12.3 Å². The Bertz CT molecular complexity index is 790. The van der Waals surface area contributed by atoms with Gasteiger partial charge in [0.25, 0.3) is 0 Å². The normalized spacial score (nSPS) is 18.8. The molecule has 3 rings (SSSR count). The number of ether oxygens (including phenoxy) is 2. The zero-order valence-corrected chi connectivity index (χ0v) is 14.8. The zero-order valence-electron chi connectivity index (χ0n) is 14.0. The molecule has 0 spiro atoms. The smallest absolute Gasteiger partial charge is 0.243 e. The van der Waals surface area contributed by atoms with E-state index in [1.807, 2.05) is 30.3 Å². The molecule has 0 heterocycles. The van der Waals surface area contributed by atoms with Crippen LogP contribution in [0.3, 0.4) is 0 Å². The van der Waals surface area contributed by atoms with E-state index in [1.54, 1.807) is 32.6 Å².